The summed E-state index contributed by atoms with van der Waals surface area (Å²) in [5.41, 5.74) is 6.52. The fourth-order valence-corrected chi connectivity index (χ4v) is 4.20. The zero-order valence-corrected chi connectivity index (χ0v) is 20.9. The molecule has 1 aromatic carbocycles. The molecule has 184 valence electrons. The number of methoxy groups -OCH3 is 2. The molecule has 0 fully saturated rings. The number of rotatable bonds is 8. The highest BCUT2D eigenvalue weighted by Gasteiger charge is 2.18. The fourth-order valence-electron chi connectivity index (χ4n) is 4.20. The van der Waals surface area contributed by atoms with Crippen LogP contribution >= 0.6 is 0 Å². The van der Waals surface area contributed by atoms with Gasteiger partial charge < -0.3 is 18.9 Å². The van der Waals surface area contributed by atoms with E-state index in [0.717, 1.165) is 39.1 Å². The molecule has 0 bridgehead atoms. The van der Waals surface area contributed by atoms with E-state index >= 15 is 0 Å². The van der Waals surface area contributed by atoms with E-state index in [2.05, 4.69) is 39.7 Å². The SMILES string of the molecule is COc1ccc(C(C)=NOCc2nc3c4c(C)c(C)n(Cc5cccnc5)c4ncn3n2)cc1OC. The lowest BCUT2D eigenvalue weighted by atomic mass is 10.1. The van der Waals surface area contributed by atoms with Gasteiger partial charge in [0.05, 0.1) is 31.9 Å². The van der Waals surface area contributed by atoms with Gasteiger partial charge in [-0.25, -0.2) is 14.5 Å². The maximum atomic E-state index is 5.59. The molecular formula is C26H27N7O3. The number of hydrogen-bond acceptors (Lipinski definition) is 8. The Hall–Kier alpha value is -4.47. The second-order valence-corrected chi connectivity index (χ2v) is 8.42. The third-order valence-electron chi connectivity index (χ3n) is 6.25. The molecule has 0 N–H and O–H groups in total. The van der Waals surface area contributed by atoms with E-state index in [0.29, 0.717) is 29.6 Å². The average Bonchev–Trinajstić information content (AvgIpc) is 3.42. The molecule has 0 spiro atoms. The normalized spacial score (nSPS) is 11.9. The lowest BCUT2D eigenvalue weighted by molar-refractivity contribution is 0.125. The zero-order chi connectivity index (χ0) is 25.2. The van der Waals surface area contributed by atoms with Crippen LogP contribution in [0, 0.1) is 13.8 Å². The standard InChI is InChI=1S/C26H27N7O3/c1-16-18(3)32(13-19-7-6-10-27-12-19)25-24(16)26-29-23(30-33(26)15-28-25)14-36-31-17(2)20-8-9-21(34-4)22(11-20)35-5/h6-12,15H,13-14H2,1-5H3. The van der Waals surface area contributed by atoms with Crippen molar-refractivity contribution in [3.05, 3.63) is 77.3 Å². The van der Waals surface area contributed by atoms with Crippen LogP contribution < -0.4 is 9.47 Å². The summed E-state index contributed by atoms with van der Waals surface area (Å²) in [5, 5.41) is 9.76. The number of nitrogens with zero attached hydrogens (tertiary/aromatic N) is 7. The summed E-state index contributed by atoms with van der Waals surface area (Å²) >= 11 is 0. The number of aromatic nitrogens is 6. The van der Waals surface area contributed by atoms with Crippen molar-refractivity contribution in [1.82, 2.24) is 29.1 Å². The summed E-state index contributed by atoms with van der Waals surface area (Å²) in [5.74, 6) is 1.80. The van der Waals surface area contributed by atoms with Crippen molar-refractivity contribution in [2.75, 3.05) is 14.2 Å². The quantitative estimate of drug-likeness (QED) is 0.241. The topological polar surface area (TPSA) is 101 Å². The third kappa shape index (κ3) is 4.21. The van der Waals surface area contributed by atoms with Crippen LogP contribution in [0.25, 0.3) is 16.7 Å². The molecule has 0 atom stereocenters. The van der Waals surface area contributed by atoms with Gasteiger partial charge in [-0.2, -0.15) is 0 Å². The number of benzene rings is 1. The fraction of sp³-hybridized carbons (Fsp3) is 0.269. The molecule has 0 aliphatic carbocycles. The highest BCUT2D eigenvalue weighted by molar-refractivity contribution is 5.99. The first kappa shape index (κ1) is 23.3. The van der Waals surface area contributed by atoms with E-state index in [1.54, 1.807) is 31.3 Å². The second-order valence-electron chi connectivity index (χ2n) is 8.42. The van der Waals surface area contributed by atoms with Crippen molar-refractivity contribution in [1.29, 1.82) is 0 Å². The number of hydrogen-bond donors (Lipinski definition) is 0. The first-order chi connectivity index (χ1) is 17.5. The van der Waals surface area contributed by atoms with Gasteiger partial charge in [0.1, 0.15) is 12.0 Å². The molecule has 5 aromatic rings. The summed E-state index contributed by atoms with van der Waals surface area (Å²) in [7, 11) is 3.20. The van der Waals surface area contributed by atoms with Gasteiger partial charge in [-0.1, -0.05) is 11.2 Å². The Bertz CT molecular complexity index is 1570. The van der Waals surface area contributed by atoms with Gasteiger partial charge in [0.25, 0.3) is 0 Å². The highest BCUT2D eigenvalue weighted by Crippen LogP contribution is 2.29. The summed E-state index contributed by atoms with van der Waals surface area (Å²) < 4.78 is 14.5. The number of ether oxygens (including phenoxy) is 2. The Balaban J connectivity index is 1.40. The first-order valence-electron chi connectivity index (χ1n) is 11.5. The Morgan fingerprint density at radius 1 is 1.06 bits per heavy atom. The van der Waals surface area contributed by atoms with E-state index in [4.69, 9.17) is 24.3 Å². The Kier molecular flexibility index (Phi) is 6.24. The smallest absolute Gasteiger partial charge is 0.192 e. The van der Waals surface area contributed by atoms with Crippen LogP contribution in [0.15, 0.2) is 54.2 Å². The molecule has 36 heavy (non-hydrogen) atoms. The van der Waals surface area contributed by atoms with Gasteiger partial charge in [-0.3, -0.25) is 4.98 Å². The van der Waals surface area contributed by atoms with Crippen molar-refractivity contribution in [3.8, 4) is 11.5 Å². The molecule has 5 rings (SSSR count). The van der Waals surface area contributed by atoms with E-state index in [-0.39, 0.29) is 6.61 Å². The van der Waals surface area contributed by atoms with Crippen LogP contribution in [0.5, 0.6) is 11.5 Å². The number of oxime groups is 1. The Labute approximate surface area is 208 Å². The van der Waals surface area contributed by atoms with E-state index < -0.39 is 0 Å². The van der Waals surface area contributed by atoms with E-state index in [1.165, 1.54) is 0 Å². The minimum Gasteiger partial charge on any atom is -0.493 e. The van der Waals surface area contributed by atoms with Crippen molar-refractivity contribution in [2.45, 2.75) is 33.9 Å². The molecule has 4 aromatic heterocycles. The number of aryl methyl sites for hydroxylation is 1. The van der Waals surface area contributed by atoms with Gasteiger partial charge in [0.2, 0.25) is 0 Å². The van der Waals surface area contributed by atoms with Crippen LogP contribution in [0.2, 0.25) is 0 Å². The molecule has 0 amide bonds. The van der Waals surface area contributed by atoms with Gasteiger partial charge in [-0.05, 0) is 56.2 Å². The zero-order valence-electron chi connectivity index (χ0n) is 20.9. The van der Waals surface area contributed by atoms with Gasteiger partial charge in [0, 0.05) is 23.7 Å². The van der Waals surface area contributed by atoms with Crippen LogP contribution in [-0.2, 0) is 18.0 Å². The van der Waals surface area contributed by atoms with Crippen LogP contribution in [0.1, 0.15) is 35.1 Å². The molecule has 4 heterocycles. The van der Waals surface area contributed by atoms with Crippen molar-refractivity contribution < 1.29 is 14.3 Å². The third-order valence-corrected chi connectivity index (χ3v) is 6.25. The average molecular weight is 486 g/mol. The molecule has 0 aliphatic heterocycles. The largest absolute Gasteiger partial charge is 0.493 e. The molecule has 10 nitrogen and oxygen atoms in total. The summed E-state index contributed by atoms with van der Waals surface area (Å²) in [6.07, 6.45) is 5.33. The summed E-state index contributed by atoms with van der Waals surface area (Å²) in [6, 6.07) is 9.59. The molecular weight excluding hydrogens is 458 g/mol. The maximum absolute atomic E-state index is 5.59. The Morgan fingerprint density at radius 3 is 2.64 bits per heavy atom. The van der Waals surface area contributed by atoms with Crippen molar-refractivity contribution >= 4 is 22.4 Å². The summed E-state index contributed by atoms with van der Waals surface area (Å²) in [6.45, 7) is 6.85. The molecule has 0 aliphatic rings. The monoisotopic (exact) mass is 485 g/mol. The van der Waals surface area contributed by atoms with Gasteiger partial charge in [0.15, 0.2) is 29.6 Å². The number of pyridine rings is 1. The molecule has 0 saturated carbocycles. The minimum absolute atomic E-state index is 0.127. The maximum Gasteiger partial charge on any atom is 0.192 e. The molecule has 0 radical (unpaired) electrons. The number of fused-ring (bicyclic) bond motifs is 3. The van der Waals surface area contributed by atoms with E-state index in [1.807, 2.05) is 37.4 Å². The highest BCUT2D eigenvalue weighted by atomic mass is 16.6. The van der Waals surface area contributed by atoms with Gasteiger partial charge in [-0.15, -0.1) is 5.10 Å². The second kappa shape index (κ2) is 9.65. The lowest BCUT2D eigenvalue weighted by Gasteiger charge is -2.09. The first-order valence-corrected chi connectivity index (χ1v) is 11.5. The van der Waals surface area contributed by atoms with Crippen molar-refractivity contribution in [3.63, 3.8) is 0 Å². The predicted octanol–water partition coefficient (Wildman–Crippen LogP) is 4.10. The van der Waals surface area contributed by atoms with Crippen molar-refractivity contribution in [2.24, 2.45) is 5.16 Å². The van der Waals surface area contributed by atoms with E-state index in [9.17, 15) is 0 Å². The molecule has 0 unspecified atom stereocenters. The van der Waals surface area contributed by atoms with Crippen LogP contribution in [-0.4, -0.2) is 49.1 Å². The predicted molar refractivity (Wildman–Crippen MR) is 136 cm³/mol. The molecule has 0 saturated heterocycles. The minimum atomic E-state index is 0.127. The lowest BCUT2D eigenvalue weighted by Crippen LogP contribution is -2.03. The Morgan fingerprint density at radius 2 is 1.89 bits per heavy atom. The van der Waals surface area contributed by atoms with Crippen LogP contribution in [0.4, 0.5) is 0 Å². The summed E-state index contributed by atoms with van der Waals surface area (Å²) in [4.78, 5) is 19.3. The molecule has 10 heteroatoms. The van der Waals surface area contributed by atoms with Gasteiger partial charge >= 0.3 is 0 Å². The van der Waals surface area contributed by atoms with Crippen LogP contribution in [0.3, 0.4) is 0 Å².